The highest BCUT2D eigenvalue weighted by Crippen LogP contribution is 2.55. The third-order valence-electron chi connectivity index (χ3n) is 2.97. The maximum absolute atomic E-state index is 4.23. The van der Waals surface area contributed by atoms with Gasteiger partial charge in [-0.2, -0.15) is 0 Å². The van der Waals surface area contributed by atoms with E-state index in [2.05, 4.69) is 39.7 Å². The third kappa shape index (κ3) is 1.96. The Balaban J connectivity index is 1.90. The van der Waals surface area contributed by atoms with Crippen molar-refractivity contribution in [1.29, 1.82) is 0 Å². The van der Waals surface area contributed by atoms with Crippen LogP contribution < -0.4 is 0 Å². The Morgan fingerprint density at radius 3 is 2.92 bits per heavy atom. The van der Waals surface area contributed by atoms with E-state index in [1.54, 1.807) is 0 Å². The molecule has 2 nitrogen and oxygen atoms in total. The van der Waals surface area contributed by atoms with Gasteiger partial charge in [0.25, 0.3) is 0 Å². The lowest BCUT2D eigenvalue weighted by Crippen LogP contribution is -2.10. The third-order valence-corrected chi connectivity index (χ3v) is 3.93. The molecule has 0 spiro atoms. The Morgan fingerprint density at radius 2 is 2.46 bits per heavy atom. The van der Waals surface area contributed by atoms with E-state index < -0.39 is 0 Å². The van der Waals surface area contributed by atoms with E-state index in [1.165, 1.54) is 6.42 Å². The van der Waals surface area contributed by atoms with Gasteiger partial charge in [0, 0.05) is 23.6 Å². The molecule has 0 aliphatic heterocycles. The highest BCUT2D eigenvalue weighted by Gasteiger charge is 2.49. The second-order valence-electron chi connectivity index (χ2n) is 4.56. The molecular formula is C10H15BrN2. The lowest BCUT2D eigenvalue weighted by atomic mass is 10.1. The number of nitrogens with one attached hydrogen (secondary N) is 1. The predicted octanol–water partition coefficient (Wildman–Crippen LogP) is 2.76. The fraction of sp³-hybridized carbons (Fsp3) is 0.700. The van der Waals surface area contributed by atoms with Gasteiger partial charge in [0.2, 0.25) is 0 Å². The van der Waals surface area contributed by atoms with Crippen LogP contribution in [0.1, 0.15) is 26.1 Å². The summed E-state index contributed by atoms with van der Waals surface area (Å²) < 4.78 is 0. The van der Waals surface area contributed by atoms with E-state index in [0.29, 0.717) is 10.2 Å². The largest absolute Gasteiger partial charge is 0.349 e. The van der Waals surface area contributed by atoms with Gasteiger partial charge in [0.05, 0.1) is 0 Å². The smallest absolute Gasteiger partial charge is 0.107 e. The van der Waals surface area contributed by atoms with Crippen molar-refractivity contribution in [3.8, 4) is 0 Å². The van der Waals surface area contributed by atoms with Crippen LogP contribution in [-0.4, -0.2) is 14.8 Å². The van der Waals surface area contributed by atoms with Crippen LogP contribution in [0.15, 0.2) is 12.4 Å². The van der Waals surface area contributed by atoms with Crippen LogP contribution in [0.3, 0.4) is 0 Å². The predicted molar refractivity (Wildman–Crippen MR) is 56.9 cm³/mol. The van der Waals surface area contributed by atoms with Crippen molar-refractivity contribution < 1.29 is 0 Å². The molecule has 1 heterocycles. The molecule has 3 heteroatoms. The lowest BCUT2D eigenvalue weighted by Gasteiger charge is -2.09. The van der Waals surface area contributed by atoms with Crippen molar-refractivity contribution in [2.75, 3.05) is 0 Å². The zero-order chi connectivity index (χ0) is 9.47. The number of H-pyrrole nitrogens is 1. The van der Waals surface area contributed by atoms with Crippen LogP contribution in [0.25, 0.3) is 0 Å². The summed E-state index contributed by atoms with van der Waals surface area (Å²) in [6.07, 6.45) is 6.05. The quantitative estimate of drug-likeness (QED) is 0.812. The van der Waals surface area contributed by atoms with Crippen molar-refractivity contribution in [1.82, 2.24) is 9.97 Å². The molecule has 0 saturated heterocycles. The molecule has 0 bridgehead atoms. The van der Waals surface area contributed by atoms with E-state index in [-0.39, 0.29) is 0 Å². The SMILES string of the molecule is CC1(C)CC1C(Br)Cc1ncc[nH]1. The second kappa shape index (κ2) is 3.12. The molecule has 1 aliphatic rings. The van der Waals surface area contributed by atoms with Gasteiger partial charge >= 0.3 is 0 Å². The minimum atomic E-state index is 0.542. The molecule has 0 amide bonds. The Morgan fingerprint density at radius 1 is 1.77 bits per heavy atom. The summed E-state index contributed by atoms with van der Waals surface area (Å²) in [5.74, 6) is 1.90. The number of aromatic nitrogens is 2. The Labute approximate surface area is 87.3 Å². The fourth-order valence-electron chi connectivity index (χ4n) is 1.86. The molecule has 0 radical (unpaired) electrons. The summed E-state index contributed by atoms with van der Waals surface area (Å²) in [5, 5.41) is 0. The minimum Gasteiger partial charge on any atom is -0.349 e. The highest BCUT2D eigenvalue weighted by atomic mass is 79.9. The molecule has 1 aromatic heterocycles. The first kappa shape index (κ1) is 9.25. The van der Waals surface area contributed by atoms with Gasteiger partial charge in [0.1, 0.15) is 5.82 Å². The average molecular weight is 243 g/mol. The first-order chi connectivity index (χ1) is 6.09. The molecule has 1 fully saturated rings. The lowest BCUT2D eigenvalue weighted by molar-refractivity contribution is 0.542. The van der Waals surface area contributed by atoms with Crippen molar-refractivity contribution in [2.24, 2.45) is 11.3 Å². The summed E-state index contributed by atoms with van der Waals surface area (Å²) in [5.41, 5.74) is 0.542. The monoisotopic (exact) mass is 242 g/mol. The number of aromatic amines is 1. The molecule has 1 aromatic rings. The average Bonchev–Trinajstić information content (AvgIpc) is 2.49. The van der Waals surface area contributed by atoms with Gasteiger partial charge in [-0.25, -0.2) is 4.98 Å². The molecule has 0 aromatic carbocycles. The molecule has 2 unspecified atom stereocenters. The molecule has 2 rings (SSSR count). The van der Waals surface area contributed by atoms with Crippen LogP contribution in [0.5, 0.6) is 0 Å². The summed E-state index contributed by atoms with van der Waals surface area (Å²) in [7, 11) is 0. The minimum absolute atomic E-state index is 0.542. The molecule has 2 atom stereocenters. The summed E-state index contributed by atoms with van der Waals surface area (Å²) in [6, 6.07) is 0. The zero-order valence-electron chi connectivity index (χ0n) is 8.05. The van der Waals surface area contributed by atoms with Crippen molar-refractivity contribution >= 4 is 15.9 Å². The number of imidazole rings is 1. The van der Waals surface area contributed by atoms with Gasteiger partial charge in [0.15, 0.2) is 0 Å². The van der Waals surface area contributed by atoms with Crippen LogP contribution in [0, 0.1) is 11.3 Å². The fourth-order valence-corrected chi connectivity index (χ4v) is 3.07. The second-order valence-corrected chi connectivity index (χ2v) is 5.73. The van der Waals surface area contributed by atoms with Gasteiger partial charge in [-0.05, 0) is 17.8 Å². The molecule has 72 valence electrons. The summed E-state index contributed by atoms with van der Waals surface area (Å²) >= 11 is 3.74. The van der Waals surface area contributed by atoms with E-state index in [0.717, 1.165) is 18.2 Å². The summed E-state index contributed by atoms with van der Waals surface area (Å²) in [6.45, 7) is 4.65. The maximum Gasteiger partial charge on any atom is 0.107 e. The van der Waals surface area contributed by atoms with E-state index >= 15 is 0 Å². The number of halogens is 1. The van der Waals surface area contributed by atoms with Crippen LogP contribution in [0.4, 0.5) is 0 Å². The van der Waals surface area contributed by atoms with Crippen molar-refractivity contribution in [3.05, 3.63) is 18.2 Å². The van der Waals surface area contributed by atoms with Crippen LogP contribution >= 0.6 is 15.9 Å². The molecule has 1 N–H and O–H groups in total. The molecular weight excluding hydrogens is 228 g/mol. The van der Waals surface area contributed by atoms with Gasteiger partial charge in [-0.15, -0.1) is 0 Å². The van der Waals surface area contributed by atoms with E-state index in [1.807, 2.05) is 12.4 Å². The first-order valence-electron chi connectivity index (χ1n) is 4.72. The van der Waals surface area contributed by atoms with E-state index in [4.69, 9.17) is 0 Å². The van der Waals surface area contributed by atoms with Crippen molar-refractivity contribution in [3.63, 3.8) is 0 Å². The Bertz CT molecular complexity index is 279. The Hall–Kier alpha value is -0.310. The topological polar surface area (TPSA) is 28.7 Å². The summed E-state index contributed by atoms with van der Waals surface area (Å²) in [4.78, 5) is 7.94. The van der Waals surface area contributed by atoms with Crippen molar-refractivity contribution in [2.45, 2.75) is 31.5 Å². The molecule has 1 aliphatic carbocycles. The standard InChI is InChI=1S/C10H15BrN2/c1-10(2)6-7(10)8(11)5-9-12-3-4-13-9/h3-4,7-8H,5-6H2,1-2H3,(H,12,13). The number of alkyl halides is 1. The highest BCUT2D eigenvalue weighted by molar-refractivity contribution is 9.09. The Kier molecular flexibility index (Phi) is 2.22. The molecule has 13 heavy (non-hydrogen) atoms. The first-order valence-corrected chi connectivity index (χ1v) is 5.63. The van der Waals surface area contributed by atoms with Gasteiger partial charge in [-0.3, -0.25) is 0 Å². The van der Waals surface area contributed by atoms with E-state index in [9.17, 15) is 0 Å². The number of hydrogen-bond acceptors (Lipinski definition) is 1. The van der Waals surface area contributed by atoms with Gasteiger partial charge < -0.3 is 4.98 Å². The van der Waals surface area contributed by atoms with Gasteiger partial charge in [-0.1, -0.05) is 29.8 Å². The van der Waals surface area contributed by atoms with Crippen LogP contribution in [-0.2, 0) is 6.42 Å². The normalized spacial score (nSPS) is 27.2. The number of hydrogen-bond donors (Lipinski definition) is 1. The van der Waals surface area contributed by atoms with Crippen LogP contribution in [0.2, 0.25) is 0 Å². The molecule has 1 saturated carbocycles. The number of nitrogens with zero attached hydrogens (tertiary/aromatic N) is 1. The number of rotatable bonds is 3. The maximum atomic E-state index is 4.23. The zero-order valence-corrected chi connectivity index (χ0v) is 9.63.